The van der Waals surface area contributed by atoms with Crippen LogP contribution in [0.3, 0.4) is 0 Å². The van der Waals surface area contributed by atoms with Crippen molar-refractivity contribution in [2.75, 3.05) is 13.7 Å². The standard InChI is InChI=1S/C22H21ClO4/c1-3-27-22(25)21-19(15-7-4-8-17(23)10-15)12-16(13-20(21)24)14-6-5-9-18(11-14)26-2/h4-11,13,19,21H,3,12H2,1-2H3/t19-,21+/m0/s1. The fourth-order valence-electron chi connectivity index (χ4n) is 3.46. The first-order valence-electron chi connectivity index (χ1n) is 8.84. The minimum Gasteiger partial charge on any atom is -0.497 e. The summed E-state index contributed by atoms with van der Waals surface area (Å²) in [5.74, 6) is -1.22. The van der Waals surface area contributed by atoms with Crippen molar-refractivity contribution in [3.05, 3.63) is 70.8 Å². The van der Waals surface area contributed by atoms with Crippen LogP contribution in [0, 0.1) is 5.92 Å². The quantitative estimate of drug-likeness (QED) is 0.555. The van der Waals surface area contributed by atoms with Gasteiger partial charge in [-0.3, -0.25) is 9.59 Å². The lowest BCUT2D eigenvalue weighted by Crippen LogP contribution is -2.34. The molecule has 2 atom stereocenters. The van der Waals surface area contributed by atoms with Crippen LogP contribution in [0.2, 0.25) is 5.02 Å². The van der Waals surface area contributed by atoms with Crippen LogP contribution >= 0.6 is 11.6 Å². The summed E-state index contributed by atoms with van der Waals surface area (Å²) in [5.41, 5.74) is 2.61. The van der Waals surface area contributed by atoms with Crippen LogP contribution < -0.4 is 4.74 Å². The molecule has 0 heterocycles. The summed E-state index contributed by atoms with van der Waals surface area (Å²) in [4.78, 5) is 25.4. The summed E-state index contributed by atoms with van der Waals surface area (Å²) >= 11 is 6.15. The molecule has 3 rings (SSSR count). The molecule has 0 N–H and O–H groups in total. The Kier molecular flexibility index (Phi) is 5.97. The third-order valence-electron chi connectivity index (χ3n) is 4.72. The van der Waals surface area contributed by atoms with Crippen LogP contribution in [0.4, 0.5) is 0 Å². The number of benzene rings is 2. The predicted molar refractivity (Wildman–Crippen MR) is 105 cm³/mol. The topological polar surface area (TPSA) is 52.6 Å². The number of methoxy groups -OCH3 is 1. The van der Waals surface area contributed by atoms with Crippen molar-refractivity contribution in [2.45, 2.75) is 19.3 Å². The van der Waals surface area contributed by atoms with Crippen LogP contribution in [0.1, 0.15) is 30.4 Å². The lowest BCUT2D eigenvalue weighted by atomic mass is 9.73. The zero-order valence-electron chi connectivity index (χ0n) is 15.3. The van der Waals surface area contributed by atoms with Crippen molar-refractivity contribution in [1.82, 2.24) is 0 Å². The molecule has 4 nitrogen and oxygen atoms in total. The molecule has 0 bridgehead atoms. The van der Waals surface area contributed by atoms with Gasteiger partial charge in [-0.05, 0) is 60.4 Å². The molecule has 0 saturated carbocycles. The van der Waals surface area contributed by atoms with E-state index in [4.69, 9.17) is 21.1 Å². The molecule has 2 aromatic carbocycles. The lowest BCUT2D eigenvalue weighted by Gasteiger charge is -2.29. The summed E-state index contributed by atoms with van der Waals surface area (Å²) in [5, 5.41) is 0.569. The third-order valence-corrected chi connectivity index (χ3v) is 4.96. The highest BCUT2D eigenvalue weighted by atomic mass is 35.5. The maximum absolute atomic E-state index is 12.9. The van der Waals surface area contributed by atoms with E-state index in [1.165, 1.54) is 0 Å². The first-order chi connectivity index (χ1) is 13.0. The summed E-state index contributed by atoms with van der Waals surface area (Å²) in [6.45, 7) is 1.97. The molecule has 0 fully saturated rings. The second kappa shape index (κ2) is 8.40. The number of carbonyl (C=O) groups excluding carboxylic acids is 2. The third kappa shape index (κ3) is 4.22. The number of ketones is 1. The van der Waals surface area contributed by atoms with Gasteiger partial charge in [-0.25, -0.2) is 0 Å². The molecule has 2 aromatic rings. The molecule has 0 radical (unpaired) electrons. The number of hydrogen-bond donors (Lipinski definition) is 0. The SMILES string of the molecule is CCOC(=O)[C@H]1C(=O)C=C(c2cccc(OC)c2)C[C@H]1c1cccc(Cl)c1. The highest BCUT2D eigenvalue weighted by Crippen LogP contribution is 2.41. The molecule has 0 unspecified atom stereocenters. The molecule has 140 valence electrons. The number of ether oxygens (including phenoxy) is 2. The fraction of sp³-hybridized carbons (Fsp3) is 0.273. The largest absolute Gasteiger partial charge is 0.497 e. The molecule has 0 aromatic heterocycles. The van der Waals surface area contributed by atoms with Crippen molar-refractivity contribution in [3.8, 4) is 5.75 Å². The number of carbonyl (C=O) groups is 2. The van der Waals surface area contributed by atoms with Gasteiger partial charge in [-0.15, -0.1) is 0 Å². The Labute approximate surface area is 163 Å². The van der Waals surface area contributed by atoms with Gasteiger partial charge >= 0.3 is 5.97 Å². The van der Waals surface area contributed by atoms with Crippen molar-refractivity contribution in [3.63, 3.8) is 0 Å². The average Bonchev–Trinajstić information content (AvgIpc) is 2.67. The molecule has 0 aliphatic heterocycles. The molecule has 0 saturated heterocycles. The molecule has 0 spiro atoms. The zero-order chi connectivity index (χ0) is 19.4. The van der Waals surface area contributed by atoms with Gasteiger partial charge in [0, 0.05) is 10.9 Å². The molecule has 1 aliphatic carbocycles. The second-order valence-corrected chi connectivity index (χ2v) is 6.84. The van der Waals surface area contributed by atoms with E-state index >= 15 is 0 Å². The Morgan fingerprint density at radius 1 is 1.19 bits per heavy atom. The predicted octanol–water partition coefficient (Wildman–Crippen LogP) is 4.67. The van der Waals surface area contributed by atoms with Crippen molar-refractivity contribution >= 4 is 28.9 Å². The summed E-state index contributed by atoms with van der Waals surface area (Å²) < 4.78 is 10.5. The van der Waals surface area contributed by atoms with Gasteiger partial charge in [-0.1, -0.05) is 35.9 Å². The molecular formula is C22H21ClO4. The van der Waals surface area contributed by atoms with Crippen molar-refractivity contribution in [1.29, 1.82) is 0 Å². The Morgan fingerprint density at radius 3 is 2.67 bits per heavy atom. The maximum Gasteiger partial charge on any atom is 0.317 e. The van der Waals surface area contributed by atoms with Crippen molar-refractivity contribution in [2.24, 2.45) is 5.92 Å². The highest BCUT2D eigenvalue weighted by molar-refractivity contribution is 6.30. The van der Waals surface area contributed by atoms with Crippen LogP contribution in [0.5, 0.6) is 5.75 Å². The van der Waals surface area contributed by atoms with Gasteiger partial charge in [0.05, 0.1) is 13.7 Å². The highest BCUT2D eigenvalue weighted by Gasteiger charge is 2.39. The van der Waals surface area contributed by atoms with Gasteiger partial charge in [0.1, 0.15) is 11.7 Å². The maximum atomic E-state index is 12.9. The average molecular weight is 385 g/mol. The fourth-order valence-corrected chi connectivity index (χ4v) is 3.66. The normalized spacial score (nSPS) is 19.4. The first kappa shape index (κ1) is 19.2. The number of esters is 1. The number of rotatable bonds is 5. The van der Waals surface area contributed by atoms with Gasteiger partial charge in [-0.2, -0.15) is 0 Å². The Bertz CT molecular complexity index is 887. The van der Waals surface area contributed by atoms with Crippen LogP contribution in [-0.4, -0.2) is 25.5 Å². The van der Waals surface area contributed by atoms with Crippen LogP contribution in [0.25, 0.3) is 5.57 Å². The van der Waals surface area contributed by atoms with E-state index in [0.717, 1.165) is 16.7 Å². The first-order valence-corrected chi connectivity index (χ1v) is 9.22. The van der Waals surface area contributed by atoms with Gasteiger partial charge in [0.25, 0.3) is 0 Å². The van der Waals surface area contributed by atoms with Gasteiger partial charge in [0.15, 0.2) is 5.78 Å². The second-order valence-electron chi connectivity index (χ2n) is 6.40. The molecule has 0 amide bonds. The van der Waals surface area contributed by atoms with E-state index < -0.39 is 11.9 Å². The smallest absolute Gasteiger partial charge is 0.317 e. The summed E-state index contributed by atoms with van der Waals surface area (Å²) in [6.07, 6.45) is 2.08. The van der Waals surface area contributed by atoms with E-state index in [2.05, 4.69) is 0 Å². The molecule has 1 aliphatic rings. The Morgan fingerprint density at radius 2 is 1.96 bits per heavy atom. The monoisotopic (exact) mass is 384 g/mol. The van der Waals surface area contributed by atoms with Gasteiger partial charge in [0.2, 0.25) is 0 Å². The summed E-state index contributed by atoms with van der Waals surface area (Å²) in [6, 6.07) is 14.8. The number of halogens is 1. The van der Waals surface area contributed by atoms with E-state index in [1.807, 2.05) is 36.4 Å². The van der Waals surface area contributed by atoms with E-state index in [0.29, 0.717) is 17.2 Å². The summed E-state index contributed by atoms with van der Waals surface area (Å²) in [7, 11) is 1.60. The van der Waals surface area contributed by atoms with E-state index in [-0.39, 0.29) is 18.3 Å². The Hall–Kier alpha value is -2.59. The Balaban J connectivity index is 2.03. The minimum absolute atomic E-state index is 0.233. The number of allylic oxidation sites excluding steroid dienone is 2. The lowest BCUT2D eigenvalue weighted by molar-refractivity contribution is -0.151. The van der Waals surface area contributed by atoms with Gasteiger partial charge < -0.3 is 9.47 Å². The van der Waals surface area contributed by atoms with Crippen molar-refractivity contribution < 1.29 is 19.1 Å². The van der Waals surface area contributed by atoms with Crippen LogP contribution in [-0.2, 0) is 14.3 Å². The van der Waals surface area contributed by atoms with E-state index in [9.17, 15) is 9.59 Å². The molecular weight excluding hydrogens is 364 g/mol. The minimum atomic E-state index is -0.863. The van der Waals surface area contributed by atoms with E-state index in [1.54, 1.807) is 32.2 Å². The molecule has 27 heavy (non-hydrogen) atoms. The van der Waals surface area contributed by atoms with Crippen LogP contribution in [0.15, 0.2) is 54.6 Å². The number of hydrogen-bond acceptors (Lipinski definition) is 4. The molecule has 5 heteroatoms. The zero-order valence-corrected chi connectivity index (χ0v) is 16.0.